The van der Waals surface area contributed by atoms with E-state index in [2.05, 4.69) is 37.3 Å². The van der Waals surface area contributed by atoms with Gasteiger partial charge in [-0.25, -0.2) is 4.79 Å². The standard InChI is InChI=1S/C36H58N2O5/c1-6-10-32(38-34(41)43-23-22-42-21-7-2)37-33(40)12-9-8-11-25(3)29-15-16-30-28-14-13-26-24-27(39)17-19-35(26,4)31(28)18-20-36(29,30)5/h1,9,12,25-32,39H,7-8,10-11,13-24H2,2-5H3,(H,37,40)(H,38,41)/t25-,26-,27-,28+,29-,30+,31+,32?,35+,36-/m1/s1. The first kappa shape index (κ1) is 33.8. The van der Waals surface area contributed by atoms with Crippen LogP contribution in [0.1, 0.15) is 111 Å². The van der Waals surface area contributed by atoms with Gasteiger partial charge in [0.05, 0.1) is 12.7 Å². The molecule has 10 atom stereocenters. The number of amides is 2. The highest BCUT2D eigenvalue weighted by atomic mass is 16.6. The molecule has 0 bridgehead atoms. The van der Waals surface area contributed by atoms with Gasteiger partial charge in [0.15, 0.2) is 0 Å². The van der Waals surface area contributed by atoms with E-state index >= 15 is 0 Å². The largest absolute Gasteiger partial charge is 0.447 e. The molecule has 4 rings (SSSR count). The minimum absolute atomic E-state index is 0.0778. The molecule has 4 aliphatic carbocycles. The number of hydrogen-bond acceptors (Lipinski definition) is 5. The first-order chi connectivity index (χ1) is 20.6. The number of fused-ring (bicyclic) bond motifs is 5. The second-order valence-corrected chi connectivity index (χ2v) is 14.6. The Morgan fingerprint density at radius 2 is 1.79 bits per heavy atom. The summed E-state index contributed by atoms with van der Waals surface area (Å²) >= 11 is 0. The van der Waals surface area contributed by atoms with E-state index in [1.165, 1.54) is 44.9 Å². The van der Waals surface area contributed by atoms with E-state index in [1.54, 1.807) is 6.08 Å². The van der Waals surface area contributed by atoms with Gasteiger partial charge in [-0.2, -0.15) is 0 Å². The summed E-state index contributed by atoms with van der Waals surface area (Å²) in [7, 11) is 0. The Labute approximate surface area is 260 Å². The van der Waals surface area contributed by atoms with Crippen LogP contribution in [0.3, 0.4) is 0 Å². The normalized spacial score (nSPS) is 36.5. The zero-order chi connectivity index (χ0) is 31.0. The molecule has 0 spiro atoms. The highest BCUT2D eigenvalue weighted by Crippen LogP contribution is 2.68. The van der Waals surface area contributed by atoms with Crippen LogP contribution >= 0.6 is 0 Å². The lowest BCUT2D eigenvalue weighted by atomic mass is 9.44. The lowest BCUT2D eigenvalue weighted by Gasteiger charge is -2.61. The van der Waals surface area contributed by atoms with Crippen LogP contribution in [0.2, 0.25) is 0 Å². The monoisotopic (exact) mass is 598 g/mol. The number of nitrogens with one attached hydrogen (secondary N) is 2. The number of aliphatic hydroxyl groups is 1. The fraction of sp³-hybridized carbons (Fsp3) is 0.833. The summed E-state index contributed by atoms with van der Waals surface area (Å²) in [6, 6.07) is 0. The minimum Gasteiger partial charge on any atom is -0.447 e. The molecule has 0 saturated heterocycles. The van der Waals surface area contributed by atoms with Crippen molar-refractivity contribution in [1.29, 1.82) is 0 Å². The SMILES string of the molecule is C#CCC(NC(=O)C=CCC[C@@H](C)[C@H]1CC[C@H]2[C@@H]3CC[C@@H]4C[C@H](O)CC[C@]4(C)[C@H]3CC[C@]12C)NC(=O)OCCOCCC. The molecule has 0 heterocycles. The maximum absolute atomic E-state index is 12.6. The van der Waals surface area contributed by atoms with Crippen molar-refractivity contribution in [2.45, 2.75) is 123 Å². The molecule has 3 N–H and O–H groups in total. The molecule has 4 fully saturated rings. The number of alkyl carbamates (subject to hydrolysis) is 1. The fourth-order valence-electron chi connectivity index (χ4n) is 10.1. The lowest BCUT2D eigenvalue weighted by Crippen LogP contribution is -2.54. The first-order valence-electron chi connectivity index (χ1n) is 17.2. The summed E-state index contributed by atoms with van der Waals surface area (Å²) in [5.41, 5.74) is 0.848. The van der Waals surface area contributed by atoms with Crippen molar-refractivity contribution in [2.24, 2.45) is 46.3 Å². The number of hydrogen-bond donors (Lipinski definition) is 3. The summed E-state index contributed by atoms with van der Waals surface area (Å²) in [6.07, 6.45) is 21.8. The van der Waals surface area contributed by atoms with Gasteiger partial charge in [0, 0.05) is 13.0 Å². The van der Waals surface area contributed by atoms with Gasteiger partial charge < -0.3 is 25.2 Å². The summed E-state index contributed by atoms with van der Waals surface area (Å²) in [5, 5.41) is 15.7. The third kappa shape index (κ3) is 7.98. The highest BCUT2D eigenvalue weighted by Gasteiger charge is 2.60. The first-order valence-corrected chi connectivity index (χ1v) is 17.2. The van der Waals surface area contributed by atoms with Crippen molar-refractivity contribution in [2.75, 3.05) is 19.8 Å². The van der Waals surface area contributed by atoms with Gasteiger partial charge in [-0.15, -0.1) is 12.3 Å². The van der Waals surface area contributed by atoms with E-state index in [0.29, 0.717) is 35.9 Å². The number of ether oxygens (including phenoxy) is 2. The molecule has 4 saturated carbocycles. The zero-order valence-electron chi connectivity index (χ0n) is 27.2. The Bertz CT molecular complexity index is 1010. The predicted octanol–water partition coefficient (Wildman–Crippen LogP) is 6.60. The van der Waals surface area contributed by atoms with Crippen LogP contribution in [0.4, 0.5) is 4.79 Å². The van der Waals surface area contributed by atoms with Gasteiger partial charge in [-0.3, -0.25) is 4.79 Å². The average molecular weight is 599 g/mol. The zero-order valence-corrected chi connectivity index (χ0v) is 27.2. The van der Waals surface area contributed by atoms with Crippen LogP contribution in [-0.4, -0.2) is 49.2 Å². The Balaban J connectivity index is 1.22. The van der Waals surface area contributed by atoms with Crippen LogP contribution < -0.4 is 10.6 Å². The Morgan fingerprint density at radius 1 is 1.02 bits per heavy atom. The second kappa shape index (κ2) is 15.3. The number of carbonyl (C=O) groups excluding carboxylic acids is 2. The van der Waals surface area contributed by atoms with Crippen molar-refractivity contribution in [3.8, 4) is 12.3 Å². The van der Waals surface area contributed by atoms with Gasteiger partial charge in [0.1, 0.15) is 12.8 Å². The second-order valence-electron chi connectivity index (χ2n) is 14.6. The van der Waals surface area contributed by atoms with Crippen LogP contribution in [0.15, 0.2) is 12.2 Å². The minimum atomic E-state index is -0.688. The molecule has 1 unspecified atom stereocenters. The van der Waals surface area contributed by atoms with Crippen LogP contribution in [0, 0.1) is 58.7 Å². The Kier molecular flexibility index (Phi) is 12.0. The molecule has 0 aromatic carbocycles. The quantitative estimate of drug-likeness (QED) is 0.0961. The molecule has 0 aliphatic heterocycles. The molecule has 7 heteroatoms. The van der Waals surface area contributed by atoms with Crippen molar-refractivity contribution in [1.82, 2.24) is 10.6 Å². The van der Waals surface area contributed by atoms with Crippen LogP contribution in [0.5, 0.6) is 0 Å². The topological polar surface area (TPSA) is 96.9 Å². The summed E-state index contributed by atoms with van der Waals surface area (Å²) in [4.78, 5) is 24.6. The molecular weight excluding hydrogens is 540 g/mol. The summed E-state index contributed by atoms with van der Waals surface area (Å²) in [6.45, 7) is 10.7. The van der Waals surface area contributed by atoms with E-state index < -0.39 is 12.3 Å². The molecule has 7 nitrogen and oxygen atoms in total. The van der Waals surface area contributed by atoms with Gasteiger partial charge in [-0.1, -0.05) is 33.8 Å². The fourth-order valence-corrected chi connectivity index (χ4v) is 10.1. The van der Waals surface area contributed by atoms with E-state index in [1.807, 2.05) is 13.0 Å². The molecule has 4 aliphatic rings. The van der Waals surface area contributed by atoms with E-state index in [0.717, 1.165) is 55.8 Å². The number of carbonyl (C=O) groups is 2. The maximum atomic E-state index is 12.6. The van der Waals surface area contributed by atoms with E-state index in [4.69, 9.17) is 15.9 Å². The van der Waals surface area contributed by atoms with Gasteiger partial charge in [0.25, 0.3) is 0 Å². The number of rotatable bonds is 13. The predicted molar refractivity (Wildman–Crippen MR) is 170 cm³/mol. The molecule has 43 heavy (non-hydrogen) atoms. The molecule has 242 valence electrons. The number of terminal acetylenes is 1. The number of aliphatic hydroxyl groups excluding tert-OH is 1. The molecule has 0 radical (unpaired) electrons. The smallest absolute Gasteiger partial charge is 0.408 e. The highest BCUT2D eigenvalue weighted by molar-refractivity contribution is 5.88. The summed E-state index contributed by atoms with van der Waals surface area (Å²) < 4.78 is 10.4. The van der Waals surface area contributed by atoms with Crippen molar-refractivity contribution < 1.29 is 24.2 Å². The van der Waals surface area contributed by atoms with Gasteiger partial charge >= 0.3 is 6.09 Å². The third-order valence-corrected chi connectivity index (χ3v) is 12.2. The Hall–Kier alpha value is -2.04. The number of allylic oxidation sites excluding steroid dienone is 1. The Morgan fingerprint density at radius 3 is 2.56 bits per heavy atom. The van der Waals surface area contributed by atoms with Crippen molar-refractivity contribution >= 4 is 12.0 Å². The van der Waals surface area contributed by atoms with E-state index in [-0.39, 0.29) is 25.0 Å². The van der Waals surface area contributed by atoms with Gasteiger partial charge in [0.2, 0.25) is 5.91 Å². The molecular formula is C36H58N2O5. The molecule has 0 aromatic rings. The van der Waals surface area contributed by atoms with E-state index in [9.17, 15) is 14.7 Å². The lowest BCUT2D eigenvalue weighted by molar-refractivity contribution is -0.129. The van der Waals surface area contributed by atoms with Crippen LogP contribution in [0.25, 0.3) is 0 Å². The third-order valence-electron chi connectivity index (χ3n) is 12.2. The maximum Gasteiger partial charge on any atom is 0.408 e. The van der Waals surface area contributed by atoms with Crippen molar-refractivity contribution in [3.63, 3.8) is 0 Å². The van der Waals surface area contributed by atoms with Crippen molar-refractivity contribution in [3.05, 3.63) is 12.2 Å². The molecule has 0 aromatic heterocycles. The summed E-state index contributed by atoms with van der Waals surface area (Å²) in [5.74, 6) is 6.81. The van der Waals surface area contributed by atoms with Crippen LogP contribution in [-0.2, 0) is 14.3 Å². The average Bonchev–Trinajstić information content (AvgIpc) is 3.33. The molecule has 2 amide bonds. The van der Waals surface area contributed by atoms with Gasteiger partial charge in [-0.05, 0) is 129 Å².